The number of nitrogens with zero attached hydrogens (tertiary/aromatic N) is 2. The molecule has 2 N–H and O–H groups in total. The monoisotopic (exact) mass is 285 g/mol. The number of hydrogen-bond donors (Lipinski definition) is 1. The van der Waals surface area contributed by atoms with E-state index in [9.17, 15) is 0 Å². The van der Waals surface area contributed by atoms with Crippen molar-refractivity contribution in [3.63, 3.8) is 0 Å². The van der Waals surface area contributed by atoms with Crippen molar-refractivity contribution in [3.05, 3.63) is 24.5 Å². The van der Waals surface area contributed by atoms with Crippen molar-refractivity contribution >= 4 is 16.6 Å². The van der Waals surface area contributed by atoms with E-state index in [1.54, 1.807) is 6.33 Å². The normalized spacial score (nSPS) is 24.9. The van der Waals surface area contributed by atoms with Crippen molar-refractivity contribution in [1.82, 2.24) is 9.97 Å². The summed E-state index contributed by atoms with van der Waals surface area (Å²) >= 11 is 0. The first-order chi connectivity index (χ1) is 9.93. The quantitative estimate of drug-likeness (QED) is 0.852. The van der Waals surface area contributed by atoms with Gasteiger partial charge in [-0.15, -0.1) is 0 Å². The Morgan fingerprint density at radius 3 is 2.81 bits per heavy atom. The molecule has 1 aliphatic rings. The first kappa shape index (κ1) is 14.1. The van der Waals surface area contributed by atoms with Crippen molar-refractivity contribution in [2.24, 2.45) is 11.3 Å². The van der Waals surface area contributed by atoms with Gasteiger partial charge in [-0.3, -0.25) is 0 Å². The molecule has 0 spiro atoms. The Bertz CT molecular complexity index is 654. The summed E-state index contributed by atoms with van der Waals surface area (Å²) in [5, 5.41) is 0.933. The molecule has 4 nitrogen and oxygen atoms in total. The number of hydrogen-bond acceptors (Lipinski definition) is 4. The fourth-order valence-electron chi connectivity index (χ4n) is 3.65. The third-order valence-corrected chi connectivity index (χ3v) is 4.25. The molecule has 112 valence electrons. The molecule has 1 saturated carbocycles. The molecule has 1 aliphatic carbocycles. The van der Waals surface area contributed by atoms with Crippen molar-refractivity contribution in [3.8, 4) is 5.88 Å². The van der Waals surface area contributed by atoms with Gasteiger partial charge in [-0.1, -0.05) is 20.8 Å². The first-order valence-electron chi connectivity index (χ1n) is 7.60. The molecular weight excluding hydrogens is 262 g/mol. The fraction of sp³-hybridized carbons (Fsp3) is 0.529. The smallest absolute Gasteiger partial charge is 0.224 e. The van der Waals surface area contributed by atoms with Crippen LogP contribution in [0.2, 0.25) is 0 Å². The Hall–Kier alpha value is -1.84. The molecule has 3 rings (SSSR count). The average molecular weight is 285 g/mol. The Morgan fingerprint density at radius 1 is 1.24 bits per heavy atom. The zero-order valence-corrected chi connectivity index (χ0v) is 13.0. The number of nitrogens with two attached hydrogens (primary N) is 1. The van der Waals surface area contributed by atoms with Gasteiger partial charge in [0.15, 0.2) is 0 Å². The van der Waals surface area contributed by atoms with E-state index in [4.69, 9.17) is 10.5 Å². The van der Waals surface area contributed by atoms with Gasteiger partial charge in [0.25, 0.3) is 0 Å². The van der Waals surface area contributed by atoms with Gasteiger partial charge in [-0.25, -0.2) is 9.97 Å². The molecule has 21 heavy (non-hydrogen) atoms. The molecule has 2 atom stereocenters. The topological polar surface area (TPSA) is 61.0 Å². The Labute approximate surface area is 125 Å². The average Bonchev–Trinajstić information content (AvgIpc) is 2.36. The molecule has 4 heteroatoms. The van der Waals surface area contributed by atoms with Crippen molar-refractivity contribution < 1.29 is 4.74 Å². The highest BCUT2D eigenvalue weighted by Gasteiger charge is 2.33. The molecule has 1 aromatic carbocycles. The highest BCUT2D eigenvalue weighted by molar-refractivity contribution is 5.85. The van der Waals surface area contributed by atoms with Crippen LogP contribution in [0.3, 0.4) is 0 Å². The first-order valence-corrected chi connectivity index (χ1v) is 7.60. The van der Waals surface area contributed by atoms with Gasteiger partial charge in [0, 0.05) is 5.69 Å². The van der Waals surface area contributed by atoms with E-state index in [0.29, 0.717) is 22.9 Å². The van der Waals surface area contributed by atoms with Crippen LogP contribution in [-0.2, 0) is 0 Å². The second-order valence-electron chi connectivity index (χ2n) is 7.11. The van der Waals surface area contributed by atoms with Gasteiger partial charge in [0.05, 0.1) is 10.9 Å². The van der Waals surface area contributed by atoms with Crippen molar-refractivity contribution in [1.29, 1.82) is 0 Å². The van der Waals surface area contributed by atoms with Gasteiger partial charge in [-0.05, 0) is 48.8 Å². The number of benzene rings is 1. The zero-order valence-electron chi connectivity index (χ0n) is 13.0. The minimum absolute atomic E-state index is 0.222. The summed E-state index contributed by atoms with van der Waals surface area (Å²) in [7, 11) is 0. The van der Waals surface area contributed by atoms with Crippen LogP contribution in [0.4, 0.5) is 5.69 Å². The van der Waals surface area contributed by atoms with Crippen LogP contribution in [0.25, 0.3) is 10.9 Å². The summed E-state index contributed by atoms with van der Waals surface area (Å²) in [4.78, 5) is 8.60. The number of nitrogen functional groups attached to an aromatic ring is 1. The molecule has 0 radical (unpaired) electrons. The molecule has 1 fully saturated rings. The molecule has 1 heterocycles. The molecular formula is C17H23N3O. The largest absolute Gasteiger partial charge is 0.474 e. The van der Waals surface area contributed by atoms with Crippen LogP contribution in [0.1, 0.15) is 40.0 Å². The van der Waals surface area contributed by atoms with Crippen LogP contribution >= 0.6 is 0 Å². The molecule has 2 aromatic rings. The van der Waals surface area contributed by atoms with E-state index in [1.807, 2.05) is 18.2 Å². The maximum Gasteiger partial charge on any atom is 0.224 e. The van der Waals surface area contributed by atoms with Crippen LogP contribution in [0.5, 0.6) is 5.88 Å². The van der Waals surface area contributed by atoms with Crippen LogP contribution in [-0.4, -0.2) is 16.1 Å². The third kappa shape index (κ3) is 3.09. The van der Waals surface area contributed by atoms with Gasteiger partial charge in [-0.2, -0.15) is 0 Å². The Balaban J connectivity index is 1.88. The highest BCUT2D eigenvalue weighted by Crippen LogP contribution is 2.40. The fourth-order valence-corrected chi connectivity index (χ4v) is 3.65. The predicted molar refractivity (Wildman–Crippen MR) is 85.2 cm³/mol. The summed E-state index contributed by atoms with van der Waals surface area (Å²) in [6.07, 6.45) is 5.18. The molecule has 0 bridgehead atoms. The maximum atomic E-state index is 6.22. The highest BCUT2D eigenvalue weighted by atomic mass is 16.5. The lowest BCUT2D eigenvalue weighted by Crippen LogP contribution is -2.34. The van der Waals surface area contributed by atoms with Gasteiger partial charge < -0.3 is 10.5 Å². The molecule has 2 unspecified atom stereocenters. The third-order valence-electron chi connectivity index (χ3n) is 4.25. The van der Waals surface area contributed by atoms with E-state index in [-0.39, 0.29) is 6.10 Å². The number of fused-ring (bicyclic) bond motifs is 1. The minimum atomic E-state index is 0.222. The van der Waals surface area contributed by atoms with E-state index in [0.717, 1.165) is 23.7 Å². The lowest BCUT2D eigenvalue weighted by molar-refractivity contribution is 0.0543. The van der Waals surface area contributed by atoms with E-state index in [1.165, 1.54) is 6.42 Å². The number of ether oxygens (including phenoxy) is 1. The van der Waals surface area contributed by atoms with Crippen molar-refractivity contribution in [2.45, 2.75) is 46.1 Å². The number of rotatable bonds is 2. The lowest BCUT2D eigenvalue weighted by Gasteiger charge is -2.38. The van der Waals surface area contributed by atoms with Gasteiger partial charge >= 0.3 is 0 Å². The summed E-state index contributed by atoms with van der Waals surface area (Å²) < 4.78 is 6.22. The van der Waals surface area contributed by atoms with E-state index >= 15 is 0 Å². The van der Waals surface area contributed by atoms with Crippen LogP contribution < -0.4 is 10.5 Å². The Morgan fingerprint density at radius 2 is 2.05 bits per heavy atom. The molecule has 0 saturated heterocycles. The summed E-state index contributed by atoms with van der Waals surface area (Å²) in [6, 6.07) is 5.67. The number of anilines is 1. The molecule has 0 aliphatic heterocycles. The Kier molecular flexibility index (Phi) is 3.47. The molecule has 0 amide bonds. The second-order valence-corrected chi connectivity index (χ2v) is 7.11. The summed E-state index contributed by atoms with van der Waals surface area (Å²) in [5.74, 6) is 1.36. The zero-order chi connectivity index (χ0) is 15.0. The van der Waals surface area contributed by atoms with Gasteiger partial charge in [0.1, 0.15) is 12.4 Å². The van der Waals surface area contributed by atoms with E-state index in [2.05, 4.69) is 30.7 Å². The van der Waals surface area contributed by atoms with Gasteiger partial charge in [0.2, 0.25) is 5.88 Å². The summed E-state index contributed by atoms with van der Waals surface area (Å²) in [5.41, 5.74) is 7.68. The number of aromatic nitrogens is 2. The summed E-state index contributed by atoms with van der Waals surface area (Å²) in [6.45, 7) is 6.94. The lowest BCUT2D eigenvalue weighted by atomic mass is 9.71. The SMILES string of the molecule is CC1CC(Oc2ncnc3cc(N)ccc23)CC(C)(C)C1. The second kappa shape index (κ2) is 5.17. The predicted octanol–water partition coefficient (Wildman–Crippen LogP) is 3.81. The van der Waals surface area contributed by atoms with E-state index < -0.39 is 0 Å². The minimum Gasteiger partial charge on any atom is -0.474 e. The molecule has 1 aromatic heterocycles. The maximum absolute atomic E-state index is 6.22. The van der Waals surface area contributed by atoms with Crippen LogP contribution in [0, 0.1) is 11.3 Å². The standard InChI is InChI=1S/C17H23N3O/c1-11-6-13(9-17(2,3)8-11)21-16-14-5-4-12(18)7-15(14)19-10-20-16/h4-5,7,10-11,13H,6,8-9,18H2,1-3H3. The van der Waals surface area contributed by atoms with Crippen LogP contribution in [0.15, 0.2) is 24.5 Å². The van der Waals surface area contributed by atoms with Crippen molar-refractivity contribution in [2.75, 3.05) is 5.73 Å².